The van der Waals surface area contributed by atoms with E-state index in [9.17, 15) is 0 Å². The minimum atomic E-state index is 0.694. The van der Waals surface area contributed by atoms with Gasteiger partial charge in [-0.05, 0) is 25.5 Å². The summed E-state index contributed by atoms with van der Waals surface area (Å²) in [6.07, 6.45) is 3.13. The predicted molar refractivity (Wildman–Crippen MR) is 52.6 cm³/mol. The van der Waals surface area contributed by atoms with Crippen molar-refractivity contribution >= 4 is 0 Å². The van der Waals surface area contributed by atoms with Crippen LogP contribution >= 0.6 is 0 Å². The van der Waals surface area contributed by atoms with Crippen molar-refractivity contribution < 1.29 is 0 Å². The fourth-order valence-electron chi connectivity index (χ4n) is 2.31. The molecule has 3 atom stereocenters. The normalized spacial score (nSPS) is 33.0. The Kier molecular flexibility index (Phi) is 2.12. The number of hydrogen-bond donors (Lipinski definition) is 1. The minimum absolute atomic E-state index is 0.694. The van der Waals surface area contributed by atoms with Gasteiger partial charge >= 0.3 is 0 Å². The van der Waals surface area contributed by atoms with Gasteiger partial charge in [-0.2, -0.15) is 5.10 Å². The van der Waals surface area contributed by atoms with Crippen LogP contribution in [0.25, 0.3) is 0 Å². The van der Waals surface area contributed by atoms with Crippen molar-refractivity contribution in [3.8, 4) is 0 Å². The Labute approximate surface area is 79.1 Å². The molecule has 1 saturated carbocycles. The lowest BCUT2D eigenvalue weighted by Crippen LogP contribution is -2.46. The van der Waals surface area contributed by atoms with Gasteiger partial charge in [0.05, 0.1) is 0 Å². The molecule has 72 valence electrons. The molecular formula is C10H17N3. The van der Waals surface area contributed by atoms with Gasteiger partial charge in [-0.15, -0.1) is 0 Å². The maximum absolute atomic E-state index is 4.20. The van der Waals surface area contributed by atoms with Crippen molar-refractivity contribution in [1.29, 1.82) is 0 Å². The van der Waals surface area contributed by atoms with Crippen molar-refractivity contribution in [2.24, 2.45) is 13.0 Å². The lowest BCUT2D eigenvalue weighted by molar-refractivity contribution is 0.186. The van der Waals surface area contributed by atoms with Gasteiger partial charge in [-0.1, -0.05) is 6.92 Å². The van der Waals surface area contributed by atoms with Crippen LogP contribution in [0.5, 0.6) is 0 Å². The zero-order valence-corrected chi connectivity index (χ0v) is 8.49. The first kappa shape index (κ1) is 8.75. The van der Waals surface area contributed by atoms with Crippen LogP contribution in [0.15, 0.2) is 12.3 Å². The summed E-state index contributed by atoms with van der Waals surface area (Å²) >= 11 is 0. The van der Waals surface area contributed by atoms with Crippen LogP contribution in [0.4, 0.5) is 0 Å². The van der Waals surface area contributed by atoms with E-state index in [1.54, 1.807) is 0 Å². The van der Waals surface area contributed by atoms with Crippen molar-refractivity contribution in [3.05, 3.63) is 18.0 Å². The van der Waals surface area contributed by atoms with E-state index in [1.165, 1.54) is 12.1 Å². The average molecular weight is 179 g/mol. The van der Waals surface area contributed by atoms with Crippen molar-refractivity contribution in [2.45, 2.75) is 25.3 Å². The molecular weight excluding hydrogens is 162 g/mol. The maximum Gasteiger partial charge on any atom is 0.0492 e. The Bertz CT molecular complexity index is 292. The molecule has 0 bridgehead atoms. The van der Waals surface area contributed by atoms with Crippen LogP contribution in [0.1, 0.15) is 25.0 Å². The molecule has 0 aliphatic heterocycles. The lowest BCUT2D eigenvalue weighted by atomic mass is 9.69. The molecule has 1 N–H and O–H groups in total. The average Bonchev–Trinajstić information content (AvgIpc) is 2.51. The fourth-order valence-corrected chi connectivity index (χ4v) is 2.31. The molecule has 0 spiro atoms. The number of aryl methyl sites for hydroxylation is 1. The fraction of sp³-hybridized carbons (Fsp3) is 0.700. The monoisotopic (exact) mass is 179 g/mol. The smallest absolute Gasteiger partial charge is 0.0492 e. The zero-order chi connectivity index (χ0) is 9.42. The summed E-state index contributed by atoms with van der Waals surface area (Å²) in [5, 5.41) is 7.53. The summed E-state index contributed by atoms with van der Waals surface area (Å²) < 4.78 is 1.99. The van der Waals surface area contributed by atoms with E-state index in [-0.39, 0.29) is 0 Å². The Hall–Kier alpha value is -0.830. The highest BCUT2D eigenvalue weighted by Crippen LogP contribution is 2.41. The van der Waals surface area contributed by atoms with Gasteiger partial charge in [-0.25, -0.2) is 0 Å². The zero-order valence-electron chi connectivity index (χ0n) is 8.49. The third-order valence-electron chi connectivity index (χ3n) is 3.39. The highest BCUT2D eigenvalue weighted by Gasteiger charge is 2.38. The van der Waals surface area contributed by atoms with Gasteiger partial charge in [-0.3, -0.25) is 4.68 Å². The second-order valence-corrected chi connectivity index (χ2v) is 3.98. The molecule has 3 nitrogen and oxygen atoms in total. The van der Waals surface area contributed by atoms with E-state index in [0.717, 1.165) is 5.92 Å². The Morgan fingerprint density at radius 3 is 2.85 bits per heavy atom. The second-order valence-electron chi connectivity index (χ2n) is 3.98. The quantitative estimate of drug-likeness (QED) is 0.737. The van der Waals surface area contributed by atoms with Crippen LogP contribution in [0, 0.1) is 5.92 Å². The first-order chi connectivity index (χ1) is 6.24. The molecule has 2 rings (SSSR count). The highest BCUT2D eigenvalue weighted by molar-refractivity contribution is 5.15. The van der Waals surface area contributed by atoms with Gasteiger partial charge in [0.15, 0.2) is 0 Å². The number of rotatable bonds is 2. The van der Waals surface area contributed by atoms with E-state index in [1.807, 2.05) is 25.0 Å². The van der Waals surface area contributed by atoms with E-state index < -0.39 is 0 Å². The molecule has 13 heavy (non-hydrogen) atoms. The molecule has 0 amide bonds. The largest absolute Gasteiger partial charge is 0.317 e. The standard InChI is InChI=1S/C10H17N3/c1-7-8(6-9(7)11-2)10-4-5-12-13(10)3/h4-5,7-9,11H,6H2,1-3H3. The van der Waals surface area contributed by atoms with E-state index >= 15 is 0 Å². The third kappa shape index (κ3) is 1.27. The molecule has 3 heteroatoms. The first-order valence-electron chi connectivity index (χ1n) is 4.89. The predicted octanol–water partition coefficient (Wildman–Crippen LogP) is 1.13. The number of nitrogens with zero attached hydrogens (tertiary/aromatic N) is 2. The summed E-state index contributed by atoms with van der Waals surface area (Å²) in [6.45, 7) is 2.31. The molecule has 1 aliphatic carbocycles. The van der Waals surface area contributed by atoms with E-state index in [0.29, 0.717) is 12.0 Å². The van der Waals surface area contributed by atoms with Crippen molar-refractivity contribution in [3.63, 3.8) is 0 Å². The summed E-state index contributed by atoms with van der Waals surface area (Å²) in [5.41, 5.74) is 1.37. The lowest BCUT2D eigenvalue weighted by Gasteiger charge is -2.42. The number of aromatic nitrogens is 2. The van der Waals surface area contributed by atoms with E-state index in [4.69, 9.17) is 0 Å². The van der Waals surface area contributed by atoms with Gasteiger partial charge in [0.25, 0.3) is 0 Å². The SMILES string of the molecule is CNC1CC(c2ccnn2C)C1C. The molecule has 3 unspecified atom stereocenters. The van der Waals surface area contributed by atoms with Crippen LogP contribution in [0.2, 0.25) is 0 Å². The molecule has 0 radical (unpaired) electrons. The molecule has 1 aromatic rings. The van der Waals surface area contributed by atoms with Crippen LogP contribution in [-0.4, -0.2) is 22.9 Å². The van der Waals surface area contributed by atoms with Crippen molar-refractivity contribution in [1.82, 2.24) is 15.1 Å². The minimum Gasteiger partial charge on any atom is -0.317 e. The Balaban J connectivity index is 2.10. The summed E-state index contributed by atoms with van der Waals surface area (Å²) in [5.74, 6) is 1.44. The number of nitrogens with one attached hydrogen (secondary N) is 1. The molecule has 0 aromatic carbocycles. The summed E-state index contributed by atoms with van der Waals surface area (Å²) in [4.78, 5) is 0. The molecule has 1 aliphatic rings. The van der Waals surface area contributed by atoms with E-state index in [2.05, 4.69) is 23.4 Å². The first-order valence-corrected chi connectivity index (χ1v) is 4.89. The molecule has 1 aromatic heterocycles. The van der Waals surface area contributed by atoms with Crippen LogP contribution in [-0.2, 0) is 7.05 Å². The topological polar surface area (TPSA) is 29.9 Å². The van der Waals surface area contributed by atoms with Gasteiger partial charge < -0.3 is 5.32 Å². The van der Waals surface area contributed by atoms with Crippen LogP contribution < -0.4 is 5.32 Å². The maximum atomic E-state index is 4.20. The molecule has 0 saturated heterocycles. The third-order valence-corrected chi connectivity index (χ3v) is 3.39. The Morgan fingerprint density at radius 1 is 1.62 bits per heavy atom. The molecule has 1 heterocycles. The summed E-state index contributed by atoms with van der Waals surface area (Å²) in [7, 11) is 4.06. The van der Waals surface area contributed by atoms with Gasteiger partial charge in [0, 0.05) is 30.9 Å². The summed E-state index contributed by atoms with van der Waals surface area (Å²) in [6, 6.07) is 2.83. The van der Waals surface area contributed by atoms with Gasteiger partial charge in [0.2, 0.25) is 0 Å². The van der Waals surface area contributed by atoms with Gasteiger partial charge in [0.1, 0.15) is 0 Å². The Morgan fingerprint density at radius 2 is 2.38 bits per heavy atom. The molecule has 1 fully saturated rings. The highest BCUT2D eigenvalue weighted by atomic mass is 15.3. The number of hydrogen-bond acceptors (Lipinski definition) is 2. The van der Waals surface area contributed by atoms with Crippen LogP contribution in [0.3, 0.4) is 0 Å². The van der Waals surface area contributed by atoms with Crippen molar-refractivity contribution in [2.75, 3.05) is 7.05 Å². The second kappa shape index (κ2) is 3.14.